The minimum atomic E-state index is 0. The molecule has 1 aromatic carbocycles. The van der Waals surface area contributed by atoms with Crippen molar-refractivity contribution in [2.45, 2.75) is 46.3 Å². The quantitative estimate of drug-likeness (QED) is 0.386. The second-order valence-corrected chi connectivity index (χ2v) is 7.71. The van der Waals surface area contributed by atoms with E-state index in [2.05, 4.69) is 48.5 Å². The van der Waals surface area contributed by atoms with Crippen LogP contribution in [0.2, 0.25) is 0 Å². The fourth-order valence-electron chi connectivity index (χ4n) is 3.39. The number of nitrogens with zero attached hydrogens (tertiary/aromatic N) is 1. The first-order valence-corrected chi connectivity index (χ1v) is 9.13. The van der Waals surface area contributed by atoms with Gasteiger partial charge in [-0.05, 0) is 36.0 Å². The van der Waals surface area contributed by atoms with E-state index in [4.69, 9.17) is 9.47 Å². The van der Waals surface area contributed by atoms with Gasteiger partial charge in [0.1, 0.15) is 5.75 Å². The van der Waals surface area contributed by atoms with Crippen LogP contribution in [0.1, 0.15) is 39.2 Å². The Kier molecular flexibility index (Phi) is 9.71. The van der Waals surface area contributed by atoms with Crippen molar-refractivity contribution in [3.8, 4) is 5.75 Å². The molecule has 1 fully saturated rings. The first kappa shape index (κ1) is 23.0. The summed E-state index contributed by atoms with van der Waals surface area (Å²) in [5.74, 6) is 2.21. The highest BCUT2D eigenvalue weighted by molar-refractivity contribution is 14.0. The van der Waals surface area contributed by atoms with Crippen LogP contribution in [-0.4, -0.2) is 39.4 Å². The highest BCUT2D eigenvalue weighted by Gasteiger charge is 2.35. The highest BCUT2D eigenvalue weighted by atomic mass is 127. The van der Waals surface area contributed by atoms with Gasteiger partial charge in [0.2, 0.25) is 0 Å². The van der Waals surface area contributed by atoms with E-state index in [0.29, 0.717) is 5.92 Å². The molecule has 0 aromatic heterocycles. The fraction of sp³-hybridized carbons (Fsp3) is 0.650. The van der Waals surface area contributed by atoms with Crippen molar-refractivity contribution in [2.24, 2.45) is 16.3 Å². The standard InChI is InChI=1S/C20H33N3O2.HI/c1-20(2,3)18-16(7-6-12-25-18)14-23-19(21-4)22-13-15-8-10-17(24-5)11-9-15;/h8-11,16,18H,6-7,12-14H2,1-5H3,(H2,21,22,23);1H. The monoisotopic (exact) mass is 475 g/mol. The molecule has 2 atom stereocenters. The Morgan fingerprint density at radius 3 is 2.50 bits per heavy atom. The maximum atomic E-state index is 6.06. The fourth-order valence-corrected chi connectivity index (χ4v) is 3.39. The van der Waals surface area contributed by atoms with Gasteiger partial charge in [0.05, 0.1) is 13.2 Å². The van der Waals surface area contributed by atoms with Crippen LogP contribution in [0.15, 0.2) is 29.3 Å². The van der Waals surface area contributed by atoms with Crippen molar-refractivity contribution in [1.29, 1.82) is 0 Å². The van der Waals surface area contributed by atoms with Gasteiger partial charge in [0.25, 0.3) is 0 Å². The summed E-state index contributed by atoms with van der Waals surface area (Å²) in [5.41, 5.74) is 1.35. The molecular weight excluding hydrogens is 441 g/mol. The maximum Gasteiger partial charge on any atom is 0.191 e. The number of rotatable bonds is 5. The van der Waals surface area contributed by atoms with Gasteiger partial charge in [-0.3, -0.25) is 4.99 Å². The second-order valence-electron chi connectivity index (χ2n) is 7.71. The van der Waals surface area contributed by atoms with Gasteiger partial charge < -0.3 is 20.1 Å². The number of guanidine groups is 1. The molecule has 0 saturated carbocycles. The number of halogens is 1. The van der Waals surface area contributed by atoms with Crippen molar-refractivity contribution in [1.82, 2.24) is 10.6 Å². The van der Waals surface area contributed by atoms with Gasteiger partial charge in [0.15, 0.2) is 5.96 Å². The summed E-state index contributed by atoms with van der Waals surface area (Å²) in [6, 6.07) is 8.06. The third kappa shape index (κ3) is 6.95. The van der Waals surface area contributed by atoms with E-state index >= 15 is 0 Å². The van der Waals surface area contributed by atoms with Crippen molar-refractivity contribution < 1.29 is 9.47 Å². The summed E-state index contributed by atoms with van der Waals surface area (Å²) in [5, 5.41) is 6.84. The summed E-state index contributed by atoms with van der Waals surface area (Å²) in [6.45, 7) is 9.26. The molecule has 1 aliphatic rings. The van der Waals surface area contributed by atoms with Crippen LogP contribution >= 0.6 is 24.0 Å². The van der Waals surface area contributed by atoms with E-state index in [1.807, 2.05) is 19.2 Å². The third-order valence-electron chi connectivity index (χ3n) is 4.67. The van der Waals surface area contributed by atoms with Crippen molar-refractivity contribution in [3.05, 3.63) is 29.8 Å². The second kappa shape index (κ2) is 11.0. The van der Waals surface area contributed by atoms with Crippen LogP contribution in [0.3, 0.4) is 0 Å². The number of hydrogen-bond acceptors (Lipinski definition) is 3. The average molecular weight is 475 g/mol. The van der Waals surface area contributed by atoms with E-state index in [1.165, 1.54) is 12.0 Å². The molecule has 2 N–H and O–H groups in total. The molecular formula is C20H34IN3O2. The normalized spacial score (nSPS) is 20.9. The minimum absolute atomic E-state index is 0. The van der Waals surface area contributed by atoms with Gasteiger partial charge in [-0.2, -0.15) is 0 Å². The van der Waals surface area contributed by atoms with Crippen LogP contribution in [0.25, 0.3) is 0 Å². The van der Waals surface area contributed by atoms with Crippen LogP contribution in [-0.2, 0) is 11.3 Å². The van der Waals surface area contributed by atoms with Gasteiger partial charge >= 0.3 is 0 Å². The summed E-state index contributed by atoms with van der Waals surface area (Å²) < 4.78 is 11.3. The lowest BCUT2D eigenvalue weighted by Gasteiger charge is -2.40. The van der Waals surface area contributed by atoms with Crippen molar-refractivity contribution >= 4 is 29.9 Å². The van der Waals surface area contributed by atoms with Gasteiger partial charge in [-0.1, -0.05) is 32.9 Å². The highest BCUT2D eigenvalue weighted by Crippen LogP contribution is 2.33. The van der Waals surface area contributed by atoms with Crippen LogP contribution in [0.5, 0.6) is 5.75 Å². The van der Waals surface area contributed by atoms with Gasteiger partial charge in [0, 0.05) is 32.7 Å². The van der Waals surface area contributed by atoms with E-state index in [9.17, 15) is 0 Å². The third-order valence-corrected chi connectivity index (χ3v) is 4.67. The Hall–Kier alpha value is -1.02. The molecule has 2 unspecified atom stereocenters. The number of ether oxygens (including phenoxy) is 2. The molecule has 1 heterocycles. The number of methoxy groups -OCH3 is 1. The first-order valence-electron chi connectivity index (χ1n) is 9.13. The largest absolute Gasteiger partial charge is 0.497 e. The molecule has 148 valence electrons. The molecule has 0 bridgehead atoms. The maximum absolute atomic E-state index is 6.06. The summed E-state index contributed by atoms with van der Waals surface area (Å²) in [6.07, 6.45) is 2.62. The Balaban J connectivity index is 0.00000338. The predicted octanol–water partition coefficient (Wildman–Crippen LogP) is 3.82. The molecule has 26 heavy (non-hydrogen) atoms. The summed E-state index contributed by atoms with van der Waals surface area (Å²) >= 11 is 0. The topological polar surface area (TPSA) is 54.9 Å². The summed E-state index contributed by atoms with van der Waals surface area (Å²) in [7, 11) is 3.49. The molecule has 0 aliphatic carbocycles. The molecule has 1 saturated heterocycles. The Morgan fingerprint density at radius 2 is 1.92 bits per heavy atom. The zero-order valence-electron chi connectivity index (χ0n) is 16.7. The van der Waals surface area contributed by atoms with Crippen molar-refractivity contribution in [3.63, 3.8) is 0 Å². The smallest absolute Gasteiger partial charge is 0.191 e. The van der Waals surface area contributed by atoms with Gasteiger partial charge in [-0.25, -0.2) is 0 Å². The lowest BCUT2D eigenvalue weighted by atomic mass is 9.78. The molecule has 1 aliphatic heterocycles. The number of benzene rings is 1. The SMILES string of the molecule is CN=C(NCc1ccc(OC)cc1)NCC1CCCOC1C(C)(C)C.I. The molecule has 1 aromatic rings. The number of nitrogens with one attached hydrogen (secondary N) is 2. The molecule has 0 radical (unpaired) electrons. The Morgan fingerprint density at radius 1 is 1.23 bits per heavy atom. The number of aliphatic imine (C=N–C) groups is 1. The lowest BCUT2D eigenvalue weighted by Crippen LogP contribution is -2.47. The molecule has 2 rings (SSSR count). The molecule has 0 spiro atoms. The first-order chi connectivity index (χ1) is 11.9. The molecule has 6 heteroatoms. The zero-order valence-corrected chi connectivity index (χ0v) is 19.0. The van der Waals surface area contributed by atoms with Gasteiger partial charge in [-0.15, -0.1) is 24.0 Å². The zero-order chi connectivity index (χ0) is 18.3. The van der Waals surface area contributed by atoms with Crippen LogP contribution < -0.4 is 15.4 Å². The average Bonchev–Trinajstić information content (AvgIpc) is 2.62. The summed E-state index contributed by atoms with van der Waals surface area (Å²) in [4.78, 5) is 4.34. The Labute approximate surface area is 175 Å². The lowest BCUT2D eigenvalue weighted by molar-refractivity contribution is -0.0835. The van der Waals surface area contributed by atoms with E-state index in [-0.39, 0.29) is 35.5 Å². The van der Waals surface area contributed by atoms with E-state index < -0.39 is 0 Å². The molecule has 5 nitrogen and oxygen atoms in total. The molecule has 0 amide bonds. The van der Waals surface area contributed by atoms with Crippen LogP contribution in [0.4, 0.5) is 0 Å². The predicted molar refractivity (Wildman–Crippen MR) is 119 cm³/mol. The van der Waals surface area contributed by atoms with E-state index in [1.54, 1.807) is 7.11 Å². The Bertz CT molecular complexity index is 555. The number of hydrogen-bond donors (Lipinski definition) is 2. The van der Waals surface area contributed by atoms with Crippen LogP contribution in [0, 0.1) is 11.3 Å². The minimum Gasteiger partial charge on any atom is -0.497 e. The van der Waals surface area contributed by atoms with E-state index in [0.717, 1.165) is 37.8 Å². The van der Waals surface area contributed by atoms with Crippen molar-refractivity contribution in [2.75, 3.05) is 27.3 Å².